The van der Waals surface area contributed by atoms with Crippen molar-refractivity contribution in [2.45, 2.75) is 48.5 Å². The van der Waals surface area contributed by atoms with Crippen molar-refractivity contribution in [3.05, 3.63) is 41.3 Å². The molecule has 2 heterocycles. The number of aromatic nitrogens is 2. The molecule has 1 aromatic heterocycles. The van der Waals surface area contributed by atoms with Gasteiger partial charge in [-0.05, 0) is 56.4 Å². The van der Waals surface area contributed by atoms with Gasteiger partial charge in [-0.25, -0.2) is 9.97 Å². The summed E-state index contributed by atoms with van der Waals surface area (Å²) in [5.41, 5.74) is 0.847. The molecule has 2 aliphatic rings. The summed E-state index contributed by atoms with van der Waals surface area (Å²) in [6.45, 7) is 1.92. The Morgan fingerprint density at radius 3 is 2.52 bits per heavy atom. The number of piperidine rings is 1. The molecule has 0 radical (unpaired) electrons. The third-order valence-electron chi connectivity index (χ3n) is 6.13. The molecule has 2 fully saturated rings. The zero-order valence-corrected chi connectivity index (χ0v) is 18.2. The SMILES string of the molecule is C[S@](=O)c1cnc(C2CCN(c3ccc(Cl)cc3)CC2)nc1NC1(CO)CCC1. The van der Waals surface area contributed by atoms with Crippen molar-refractivity contribution in [3.8, 4) is 0 Å². The summed E-state index contributed by atoms with van der Waals surface area (Å²) in [5.74, 6) is 1.68. The lowest BCUT2D eigenvalue weighted by Crippen LogP contribution is -2.48. The molecule has 1 aliphatic heterocycles. The van der Waals surface area contributed by atoms with Gasteiger partial charge in [0.25, 0.3) is 0 Å². The highest BCUT2D eigenvalue weighted by atomic mass is 35.5. The van der Waals surface area contributed by atoms with Crippen LogP contribution in [0.3, 0.4) is 0 Å². The van der Waals surface area contributed by atoms with Crippen LogP contribution in [-0.4, -0.2) is 50.8 Å². The Hall–Kier alpha value is -1.70. The van der Waals surface area contributed by atoms with Crippen LogP contribution in [0.15, 0.2) is 35.4 Å². The number of rotatable bonds is 6. The van der Waals surface area contributed by atoms with Crippen molar-refractivity contribution in [2.24, 2.45) is 0 Å². The molecule has 1 saturated heterocycles. The summed E-state index contributed by atoms with van der Waals surface area (Å²) in [6.07, 6.45) is 8.13. The first-order valence-corrected chi connectivity index (χ1v) is 12.0. The second-order valence-electron chi connectivity index (χ2n) is 8.05. The highest BCUT2D eigenvalue weighted by molar-refractivity contribution is 7.84. The Labute approximate surface area is 179 Å². The molecule has 0 spiro atoms. The van der Waals surface area contributed by atoms with Crippen LogP contribution in [0.1, 0.15) is 43.8 Å². The third kappa shape index (κ3) is 4.42. The van der Waals surface area contributed by atoms with Gasteiger partial charge < -0.3 is 15.3 Å². The zero-order chi connectivity index (χ0) is 20.4. The number of benzene rings is 1. The van der Waals surface area contributed by atoms with Crippen LogP contribution >= 0.6 is 11.6 Å². The molecule has 2 N–H and O–H groups in total. The number of hydrogen-bond acceptors (Lipinski definition) is 6. The molecular weight excluding hydrogens is 408 g/mol. The number of hydrogen-bond donors (Lipinski definition) is 2. The average molecular weight is 435 g/mol. The Balaban J connectivity index is 1.49. The maximum absolute atomic E-state index is 12.2. The molecule has 0 amide bonds. The van der Waals surface area contributed by atoms with E-state index in [0.29, 0.717) is 10.7 Å². The van der Waals surface area contributed by atoms with Crippen LogP contribution in [0.25, 0.3) is 0 Å². The molecule has 0 unspecified atom stereocenters. The summed E-state index contributed by atoms with van der Waals surface area (Å²) in [7, 11) is -1.19. The predicted molar refractivity (Wildman–Crippen MR) is 117 cm³/mol. The standard InChI is InChI=1S/C21H27ClN4O2S/c1-29(28)18-13-23-19(24-20(18)25-21(14-27)9-2-10-21)15-7-11-26(12-8-15)17-5-3-16(22)4-6-17/h3-6,13,15,27H,2,7-12,14H2,1H3,(H,23,24,25)/t29-/m0/s1. The first kappa shape index (κ1) is 20.6. The lowest BCUT2D eigenvalue weighted by atomic mass is 9.77. The van der Waals surface area contributed by atoms with E-state index in [4.69, 9.17) is 16.6 Å². The Bertz CT molecular complexity index is 875. The summed E-state index contributed by atoms with van der Waals surface area (Å²) >= 11 is 6.00. The number of halogens is 1. The van der Waals surface area contributed by atoms with Crippen molar-refractivity contribution < 1.29 is 9.32 Å². The topological polar surface area (TPSA) is 78.4 Å². The molecule has 1 saturated carbocycles. The lowest BCUT2D eigenvalue weighted by molar-refractivity contribution is 0.143. The van der Waals surface area contributed by atoms with Gasteiger partial charge in [0.15, 0.2) is 0 Å². The van der Waals surface area contributed by atoms with Crippen LogP contribution in [-0.2, 0) is 10.8 Å². The Kier molecular flexibility index (Phi) is 6.08. The van der Waals surface area contributed by atoms with Crippen LogP contribution in [0.2, 0.25) is 5.02 Å². The first-order valence-electron chi connectivity index (χ1n) is 10.1. The molecule has 156 valence electrons. The van der Waals surface area contributed by atoms with Crippen molar-refractivity contribution in [1.29, 1.82) is 0 Å². The van der Waals surface area contributed by atoms with Gasteiger partial charge in [0.05, 0.1) is 27.8 Å². The van der Waals surface area contributed by atoms with E-state index in [9.17, 15) is 9.32 Å². The van der Waals surface area contributed by atoms with E-state index in [-0.39, 0.29) is 18.1 Å². The maximum atomic E-state index is 12.2. The van der Waals surface area contributed by atoms with E-state index < -0.39 is 10.8 Å². The second-order valence-corrected chi connectivity index (χ2v) is 9.83. The summed E-state index contributed by atoms with van der Waals surface area (Å²) in [4.78, 5) is 12.3. The van der Waals surface area contributed by atoms with E-state index in [0.717, 1.165) is 56.0 Å². The molecule has 2 aromatic rings. The van der Waals surface area contributed by atoms with E-state index in [1.165, 1.54) is 5.69 Å². The minimum atomic E-state index is -1.19. The van der Waals surface area contributed by atoms with Crippen molar-refractivity contribution in [1.82, 2.24) is 9.97 Å². The lowest BCUT2D eigenvalue weighted by Gasteiger charge is -2.41. The molecular formula is C21H27ClN4O2S. The second kappa shape index (κ2) is 8.58. The third-order valence-corrected chi connectivity index (χ3v) is 7.30. The van der Waals surface area contributed by atoms with Crippen molar-refractivity contribution in [2.75, 3.05) is 36.2 Å². The van der Waals surface area contributed by atoms with E-state index in [1.54, 1.807) is 12.5 Å². The van der Waals surface area contributed by atoms with E-state index >= 15 is 0 Å². The van der Waals surface area contributed by atoms with Gasteiger partial charge in [0.1, 0.15) is 11.6 Å². The van der Waals surface area contributed by atoms with Gasteiger partial charge >= 0.3 is 0 Å². The highest BCUT2D eigenvalue weighted by Crippen LogP contribution is 2.36. The molecule has 6 nitrogen and oxygen atoms in total. The van der Waals surface area contributed by atoms with Gasteiger partial charge in [-0.15, -0.1) is 0 Å². The van der Waals surface area contributed by atoms with Gasteiger partial charge in [-0.3, -0.25) is 4.21 Å². The first-order chi connectivity index (χ1) is 14.0. The minimum absolute atomic E-state index is 0.0571. The fourth-order valence-corrected chi connectivity index (χ4v) is 4.80. The number of aliphatic hydroxyl groups excluding tert-OH is 1. The molecule has 0 bridgehead atoms. The molecule has 1 atom stereocenters. The Morgan fingerprint density at radius 1 is 1.28 bits per heavy atom. The summed E-state index contributed by atoms with van der Waals surface area (Å²) < 4.78 is 12.2. The summed E-state index contributed by atoms with van der Waals surface area (Å²) in [5, 5.41) is 13.9. The Morgan fingerprint density at radius 2 is 1.97 bits per heavy atom. The van der Waals surface area contributed by atoms with Crippen LogP contribution < -0.4 is 10.2 Å². The average Bonchev–Trinajstić information content (AvgIpc) is 2.71. The zero-order valence-electron chi connectivity index (χ0n) is 16.6. The maximum Gasteiger partial charge on any atom is 0.146 e. The van der Waals surface area contributed by atoms with Gasteiger partial charge in [-0.1, -0.05) is 11.6 Å². The van der Waals surface area contributed by atoms with Crippen LogP contribution in [0.5, 0.6) is 0 Å². The van der Waals surface area contributed by atoms with Gasteiger partial charge in [0, 0.05) is 42.2 Å². The monoisotopic (exact) mass is 434 g/mol. The van der Waals surface area contributed by atoms with E-state index in [1.807, 2.05) is 12.1 Å². The quantitative estimate of drug-likeness (QED) is 0.723. The number of aliphatic hydroxyl groups is 1. The largest absolute Gasteiger partial charge is 0.394 e. The smallest absolute Gasteiger partial charge is 0.146 e. The van der Waals surface area contributed by atoms with E-state index in [2.05, 4.69) is 27.3 Å². The predicted octanol–water partition coefficient (Wildman–Crippen LogP) is 3.58. The number of anilines is 2. The normalized spacial score (nSPS) is 20.2. The fourth-order valence-electron chi connectivity index (χ4n) is 4.11. The molecule has 1 aliphatic carbocycles. The van der Waals surface area contributed by atoms with Gasteiger partial charge in [0.2, 0.25) is 0 Å². The minimum Gasteiger partial charge on any atom is -0.394 e. The van der Waals surface area contributed by atoms with Crippen LogP contribution in [0.4, 0.5) is 11.5 Å². The molecule has 8 heteroatoms. The fraction of sp³-hybridized carbons (Fsp3) is 0.524. The number of nitrogens with zero attached hydrogens (tertiary/aromatic N) is 3. The molecule has 4 rings (SSSR count). The summed E-state index contributed by atoms with van der Waals surface area (Å²) in [6, 6.07) is 7.95. The highest BCUT2D eigenvalue weighted by Gasteiger charge is 2.37. The van der Waals surface area contributed by atoms with Crippen molar-refractivity contribution >= 4 is 33.9 Å². The van der Waals surface area contributed by atoms with Gasteiger partial charge in [-0.2, -0.15) is 0 Å². The molecule has 1 aromatic carbocycles. The number of nitrogens with one attached hydrogen (secondary N) is 1. The van der Waals surface area contributed by atoms with Crippen LogP contribution in [0, 0.1) is 0 Å². The van der Waals surface area contributed by atoms with Crippen molar-refractivity contribution in [3.63, 3.8) is 0 Å². The molecule has 29 heavy (non-hydrogen) atoms.